The van der Waals surface area contributed by atoms with E-state index in [-0.39, 0.29) is 22.6 Å². The first-order chi connectivity index (χ1) is 10.6. The van der Waals surface area contributed by atoms with Crippen molar-refractivity contribution in [1.29, 1.82) is 0 Å². The van der Waals surface area contributed by atoms with Gasteiger partial charge >= 0.3 is 0 Å². The lowest BCUT2D eigenvalue weighted by Gasteiger charge is -2.31. The SMILES string of the molecule is O=C1CSC(c2ccccc2)C(=O)N1c1ccc(Cl)cc1Cl. The zero-order valence-electron chi connectivity index (χ0n) is 11.3. The zero-order chi connectivity index (χ0) is 15.7. The summed E-state index contributed by atoms with van der Waals surface area (Å²) >= 11 is 13.4. The van der Waals surface area contributed by atoms with Gasteiger partial charge in [0.15, 0.2) is 0 Å². The second-order valence-corrected chi connectivity index (χ2v) is 6.70. The van der Waals surface area contributed by atoms with Crippen LogP contribution in [0.1, 0.15) is 10.8 Å². The number of benzene rings is 2. The van der Waals surface area contributed by atoms with Crippen molar-refractivity contribution in [2.75, 3.05) is 10.7 Å². The van der Waals surface area contributed by atoms with Gasteiger partial charge in [0, 0.05) is 5.02 Å². The van der Waals surface area contributed by atoms with Crippen LogP contribution in [-0.2, 0) is 9.59 Å². The molecule has 0 bridgehead atoms. The molecule has 1 unspecified atom stereocenters. The van der Waals surface area contributed by atoms with E-state index in [2.05, 4.69) is 0 Å². The van der Waals surface area contributed by atoms with E-state index in [1.54, 1.807) is 12.1 Å². The molecule has 0 spiro atoms. The van der Waals surface area contributed by atoms with E-state index >= 15 is 0 Å². The van der Waals surface area contributed by atoms with Gasteiger partial charge in [-0.3, -0.25) is 9.59 Å². The second-order valence-electron chi connectivity index (χ2n) is 4.76. The van der Waals surface area contributed by atoms with Gasteiger partial charge in [-0.1, -0.05) is 53.5 Å². The van der Waals surface area contributed by atoms with Crippen molar-refractivity contribution in [3.8, 4) is 0 Å². The molecule has 0 aliphatic carbocycles. The molecule has 112 valence electrons. The number of hydrogen-bond acceptors (Lipinski definition) is 3. The van der Waals surface area contributed by atoms with Crippen LogP contribution in [0.15, 0.2) is 48.5 Å². The van der Waals surface area contributed by atoms with Gasteiger partial charge in [0.05, 0.1) is 16.5 Å². The Labute approximate surface area is 142 Å². The topological polar surface area (TPSA) is 37.4 Å². The fourth-order valence-electron chi connectivity index (χ4n) is 2.31. The zero-order valence-corrected chi connectivity index (χ0v) is 13.7. The lowest BCUT2D eigenvalue weighted by atomic mass is 10.1. The average Bonchev–Trinajstić information content (AvgIpc) is 2.50. The summed E-state index contributed by atoms with van der Waals surface area (Å²) in [6.07, 6.45) is 0. The van der Waals surface area contributed by atoms with Gasteiger partial charge in [0.1, 0.15) is 5.25 Å². The smallest absolute Gasteiger partial charge is 0.251 e. The van der Waals surface area contributed by atoms with Crippen LogP contribution in [0.4, 0.5) is 5.69 Å². The monoisotopic (exact) mass is 351 g/mol. The van der Waals surface area contributed by atoms with Crippen LogP contribution in [-0.4, -0.2) is 17.6 Å². The predicted molar refractivity (Wildman–Crippen MR) is 90.6 cm³/mol. The summed E-state index contributed by atoms with van der Waals surface area (Å²) < 4.78 is 0. The van der Waals surface area contributed by atoms with E-state index in [0.29, 0.717) is 10.7 Å². The molecule has 2 aromatic rings. The third-order valence-corrected chi connectivity index (χ3v) is 5.08. The van der Waals surface area contributed by atoms with Crippen molar-refractivity contribution in [2.45, 2.75) is 5.25 Å². The Balaban J connectivity index is 1.99. The highest BCUT2D eigenvalue weighted by molar-refractivity contribution is 8.01. The first kappa shape index (κ1) is 15.4. The normalized spacial score (nSPS) is 18.6. The molecule has 0 saturated carbocycles. The number of halogens is 2. The minimum atomic E-state index is -0.411. The van der Waals surface area contributed by atoms with Gasteiger partial charge in [-0.25, -0.2) is 4.90 Å². The molecule has 1 aliphatic heterocycles. The Morgan fingerprint density at radius 1 is 1.05 bits per heavy atom. The lowest BCUT2D eigenvalue weighted by molar-refractivity contribution is -0.125. The molecule has 1 aliphatic rings. The number of thioether (sulfide) groups is 1. The molecule has 0 N–H and O–H groups in total. The highest BCUT2D eigenvalue weighted by Crippen LogP contribution is 2.39. The summed E-state index contributed by atoms with van der Waals surface area (Å²) in [5.74, 6) is -0.326. The van der Waals surface area contributed by atoms with Gasteiger partial charge in [-0.2, -0.15) is 0 Å². The van der Waals surface area contributed by atoms with Gasteiger partial charge in [0.2, 0.25) is 5.91 Å². The Morgan fingerprint density at radius 2 is 1.77 bits per heavy atom. The quantitative estimate of drug-likeness (QED) is 0.755. The Morgan fingerprint density at radius 3 is 2.45 bits per heavy atom. The molecule has 0 radical (unpaired) electrons. The fraction of sp³-hybridized carbons (Fsp3) is 0.125. The van der Waals surface area contributed by atoms with Crippen molar-refractivity contribution < 1.29 is 9.59 Å². The number of carbonyl (C=O) groups excluding carboxylic acids is 2. The van der Waals surface area contributed by atoms with Crippen molar-refractivity contribution in [3.63, 3.8) is 0 Å². The minimum Gasteiger partial charge on any atom is -0.273 e. The van der Waals surface area contributed by atoms with Gasteiger partial charge < -0.3 is 0 Å². The number of amides is 2. The predicted octanol–water partition coefficient (Wildman–Crippen LogP) is 4.34. The molecule has 1 saturated heterocycles. The van der Waals surface area contributed by atoms with E-state index in [1.807, 2.05) is 30.3 Å². The van der Waals surface area contributed by atoms with Crippen molar-refractivity contribution in [2.24, 2.45) is 0 Å². The number of hydrogen-bond donors (Lipinski definition) is 0. The number of rotatable bonds is 2. The number of imide groups is 1. The first-order valence-corrected chi connectivity index (χ1v) is 8.37. The molecule has 2 amide bonds. The molecule has 1 fully saturated rings. The van der Waals surface area contributed by atoms with Crippen LogP contribution in [0, 0.1) is 0 Å². The lowest BCUT2D eigenvalue weighted by Crippen LogP contribution is -2.44. The van der Waals surface area contributed by atoms with E-state index in [0.717, 1.165) is 10.5 Å². The maximum Gasteiger partial charge on any atom is 0.251 e. The maximum atomic E-state index is 12.8. The van der Waals surface area contributed by atoms with Crippen LogP contribution in [0.3, 0.4) is 0 Å². The number of carbonyl (C=O) groups is 2. The van der Waals surface area contributed by atoms with E-state index in [4.69, 9.17) is 23.2 Å². The van der Waals surface area contributed by atoms with Crippen molar-refractivity contribution in [3.05, 3.63) is 64.1 Å². The molecule has 1 heterocycles. The van der Waals surface area contributed by atoms with Gasteiger partial charge in [0.25, 0.3) is 5.91 Å². The standard InChI is InChI=1S/C16H11Cl2NO2S/c17-11-6-7-13(12(18)8-11)19-14(20)9-22-15(16(19)21)10-4-2-1-3-5-10/h1-8,15H,9H2. The summed E-state index contributed by atoms with van der Waals surface area (Å²) in [5.41, 5.74) is 1.25. The third-order valence-electron chi connectivity index (χ3n) is 3.32. The molecule has 1 atom stereocenters. The van der Waals surface area contributed by atoms with E-state index < -0.39 is 5.25 Å². The van der Waals surface area contributed by atoms with Crippen LogP contribution in [0.5, 0.6) is 0 Å². The summed E-state index contributed by atoms with van der Waals surface area (Å²) in [6.45, 7) is 0. The van der Waals surface area contributed by atoms with Crippen molar-refractivity contribution >= 4 is 52.5 Å². The van der Waals surface area contributed by atoms with Crippen LogP contribution in [0.2, 0.25) is 10.0 Å². The maximum absolute atomic E-state index is 12.8. The first-order valence-electron chi connectivity index (χ1n) is 6.56. The summed E-state index contributed by atoms with van der Waals surface area (Å²) in [4.78, 5) is 26.1. The Bertz CT molecular complexity index is 736. The molecule has 2 aromatic carbocycles. The van der Waals surface area contributed by atoms with Gasteiger partial charge in [-0.15, -0.1) is 11.8 Å². The highest BCUT2D eigenvalue weighted by atomic mass is 35.5. The molecular formula is C16H11Cl2NO2S. The second kappa shape index (κ2) is 6.32. The van der Waals surface area contributed by atoms with Gasteiger partial charge in [-0.05, 0) is 23.8 Å². The van der Waals surface area contributed by atoms with E-state index in [9.17, 15) is 9.59 Å². The summed E-state index contributed by atoms with van der Waals surface area (Å²) in [5, 5.41) is 0.332. The third kappa shape index (κ3) is 2.86. The highest BCUT2D eigenvalue weighted by Gasteiger charge is 2.37. The minimum absolute atomic E-state index is 0.226. The Kier molecular flexibility index (Phi) is 4.43. The molecule has 6 heteroatoms. The average molecular weight is 352 g/mol. The number of nitrogens with zero attached hydrogens (tertiary/aromatic N) is 1. The molecule has 3 nitrogen and oxygen atoms in total. The van der Waals surface area contributed by atoms with Crippen LogP contribution < -0.4 is 4.90 Å². The van der Waals surface area contributed by atoms with Crippen LogP contribution >= 0.6 is 35.0 Å². The molecular weight excluding hydrogens is 341 g/mol. The largest absolute Gasteiger partial charge is 0.273 e. The fourth-order valence-corrected chi connectivity index (χ4v) is 3.84. The molecule has 0 aromatic heterocycles. The van der Waals surface area contributed by atoms with E-state index in [1.165, 1.54) is 17.8 Å². The molecule has 22 heavy (non-hydrogen) atoms. The summed E-state index contributed by atoms with van der Waals surface area (Å²) in [7, 11) is 0. The van der Waals surface area contributed by atoms with Crippen LogP contribution in [0.25, 0.3) is 0 Å². The number of anilines is 1. The van der Waals surface area contributed by atoms with Crippen molar-refractivity contribution in [1.82, 2.24) is 0 Å². The summed E-state index contributed by atoms with van der Waals surface area (Å²) in [6, 6.07) is 14.1. The molecule has 3 rings (SSSR count). The Hall–Kier alpha value is -1.49.